The number of benzene rings is 1. The van der Waals surface area contributed by atoms with Gasteiger partial charge in [-0.1, -0.05) is 0 Å². The maximum absolute atomic E-state index is 12.9. The van der Waals surface area contributed by atoms with E-state index in [1.807, 2.05) is 0 Å². The summed E-state index contributed by atoms with van der Waals surface area (Å²) in [4.78, 5) is 25.1. The lowest BCUT2D eigenvalue weighted by Crippen LogP contribution is -2.29. The number of amides is 1. The van der Waals surface area contributed by atoms with Crippen LogP contribution >= 0.6 is 11.3 Å². The molecule has 0 aliphatic heterocycles. The number of rotatable bonds is 3. The van der Waals surface area contributed by atoms with Crippen LogP contribution in [0.3, 0.4) is 0 Å². The van der Waals surface area contributed by atoms with Gasteiger partial charge in [0.1, 0.15) is 11.4 Å². The number of aromatic nitrogens is 2. The molecule has 9 heteroatoms. The highest BCUT2D eigenvalue weighted by Gasteiger charge is 2.21. The summed E-state index contributed by atoms with van der Waals surface area (Å²) in [7, 11) is 1.56. The highest BCUT2D eigenvalue weighted by atomic mass is 32.1. The summed E-state index contributed by atoms with van der Waals surface area (Å²) in [5.74, 6) is 0.845. The van der Waals surface area contributed by atoms with E-state index in [0.717, 1.165) is 0 Å². The Balaban J connectivity index is 2.12. The van der Waals surface area contributed by atoms with Crippen LogP contribution in [0, 0.1) is 0 Å². The fraction of sp³-hybridized carbons (Fsp3) is 0.278. The van der Waals surface area contributed by atoms with Crippen molar-refractivity contribution in [1.29, 1.82) is 0 Å². The standard InChI is InChI=1S/C18H20N4O4S/c1-18(2,3)26-17(24)20-15-12-9-27-14(19)13(12)16(23)22(21-15)10-5-7-11(25-4)8-6-10/h5-9H,19H2,1-4H3,(H,20,21,24). The van der Waals surface area contributed by atoms with Crippen molar-refractivity contribution in [2.24, 2.45) is 0 Å². The molecule has 0 aliphatic rings. The number of nitrogens with zero attached hydrogens (tertiary/aromatic N) is 2. The zero-order valence-corrected chi connectivity index (χ0v) is 16.2. The van der Waals surface area contributed by atoms with Crippen molar-refractivity contribution in [2.75, 3.05) is 18.2 Å². The molecule has 8 nitrogen and oxygen atoms in total. The molecule has 0 aliphatic carbocycles. The van der Waals surface area contributed by atoms with Crippen LogP contribution in [0.4, 0.5) is 15.6 Å². The first-order chi connectivity index (χ1) is 12.7. The lowest BCUT2D eigenvalue weighted by Gasteiger charge is -2.19. The van der Waals surface area contributed by atoms with Crippen LogP contribution in [0.2, 0.25) is 0 Å². The molecule has 0 saturated carbocycles. The van der Waals surface area contributed by atoms with Crippen molar-refractivity contribution in [2.45, 2.75) is 26.4 Å². The van der Waals surface area contributed by atoms with E-state index >= 15 is 0 Å². The first-order valence-electron chi connectivity index (χ1n) is 8.14. The number of methoxy groups -OCH3 is 1. The van der Waals surface area contributed by atoms with Gasteiger partial charge in [-0.15, -0.1) is 16.4 Å². The number of carbonyl (C=O) groups is 1. The molecule has 0 fully saturated rings. The first-order valence-corrected chi connectivity index (χ1v) is 9.02. The van der Waals surface area contributed by atoms with Gasteiger partial charge in [-0.05, 0) is 45.0 Å². The number of anilines is 2. The monoisotopic (exact) mass is 388 g/mol. The molecule has 27 heavy (non-hydrogen) atoms. The van der Waals surface area contributed by atoms with Crippen LogP contribution in [0.25, 0.3) is 16.5 Å². The van der Waals surface area contributed by atoms with Gasteiger partial charge in [-0.3, -0.25) is 10.1 Å². The second kappa shape index (κ2) is 6.92. The molecule has 0 atom stereocenters. The molecule has 2 heterocycles. The summed E-state index contributed by atoms with van der Waals surface area (Å²) in [6.07, 6.45) is -0.666. The highest BCUT2D eigenvalue weighted by Crippen LogP contribution is 2.30. The molecule has 1 amide bonds. The molecule has 1 aromatic carbocycles. The topological polar surface area (TPSA) is 108 Å². The van der Waals surface area contributed by atoms with Crippen molar-refractivity contribution in [1.82, 2.24) is 9.78 Å². The molecule has 0 saturated heterocycles. The van der Waals surface area contributed by atoms with Gasteiger partial charge in [0.25, 0.3) is 5.56 Å². The second-order valence-corrected chi connectivity index (χ2v) is 7.69. The van der Waals surface area contributed by atoms with Crippen LogP contribution in [0.1, 0.15) is 20.8 Å². The Morgan fingerprint density at radius 1 is 1.26 bits per heavy atom. The smallest absolute Gasteiger partial charge is 0.413 e. The van der Waals surface area contributed by atoms with Crippen LogP contribution < -0.4 is 21.3 Å². The SMILES string of the molecule is COc1ccc(-n2nc(NC(=O)OC(C)(C)C)c3csc(N)c3c2=O)cc1. The predicted octanol–water partition coefficient (Wildman–Crippen LogP) is 3.39. The minimum Gasteiger partial charge on any atom is -0.497 e. The summed E-state index contributed by atoms with van der Waals surface area (Å²) < 4.78 is 11.6. The number of nitrogens with one attached hydrogen (secondary N) is 1. The van der Waals surface area contributed by atoms with Gasteiger partial charge >= 0.3 is 6.09 Å². The third-order valence-electron chi connectivity index (χ3n) is 3.62. The van der Waals surface area contributed by atoms with Gasteiger partial charge in [0.2, 0.25) is 0 Å². The number of hydrogen-bond donors (Lipinski definition) is 2. The zero-order valence-electron chi connectivity index (χ0n) is 15.4. The van der Waals surface area contributed by atoms with Crippen molar-refractivity contribution in [3.05, 3.63) is 40.0 Å². The number of fused-ring (bicyclic) bond motifs is 1. The summed E-state index contributed by atoms with van der Waals surface area (Å²) in [6, 6.07) is 6.81. The minimum atomic E-state index is -0.666. The van der Waals surface area contributed by atoms with Gasteiger partial charge in [0.15, 0.2) is 5.82 Å². The molecule has 0 bridgehead atoms. The van der Waals surface area contributed by atoms with Crippen LogP contribution in [-0.2, 0) is 4.74 Å². The molecule has 2 aromatic heterocycles. The fourth-order valence-electron chi connectivity index (χ4n) is 2.46. The predicted molar refractivity (Wildman–Crippen MR) is 106 cm³/mol. The lowest BCUT2D eigenvalue weighted by molar-refractivity contribution is 0.0635. The summed E-state index contributed by atoms with van der Waals surface area (Å²) >= 11 is 1.21. The molecule has 0 radical (unpaired) electrons. The van der Waals surface area contributed by atoms with Crippen LogP contribution in [0.5, 0.6) is 5.75 Å². The van der Waals surface area contributed by atoms with Crippen LogP contribution in [0.15, 0.2) is 34.4 Å². The first kappa shape index (κ1) is 18.7. The van der Waals surface area contributed by atoms with E-state index in [0.29, 0.717) is 27.2 Å². The Hall–Kier alpha value is -3.07. The molecular formula is C18H20N4O4S. The van der Waals surface area contributed by atoms with E-state index in [2.05, 4.69) is 10.4 Å². The number of carbonyl (C=O) groups excluding carboxylic acids is 1. The van der Waals surface area contributed by atoms with Crippen molar-refractivity contribution in [3.8, 4) is 11.4 Å². The third kappa shape index (κ3) is 3.87. The van der Waals surface area contributed by atoms with Gasteiger partial charge in [-0.25, -0.2) is 4.79 Å². The summed E-state index contributed by atoms with van der Waals surface area (Å²) in [5.41, 5.74) is 5.46. The number of nitrogen functional groups attached to an aromatic ring is 1. The van der Waals surface area contributed by atoms with E-state index in [9.17, 15) is 9.59 Å². The van der Waals surface area contributed by atoms with E-state index in [1.54, 1.807) is 57.5 Å². The van der Waals surface area contributed by atoms with E-state index in [-0.39, 0.29) is 11.4 Å². The summed E-state index contributed by atoms with van der Waals surface area (Å²) in [5, 5.41) is 9.73. The quantitative estimate of drug-likeness (QED) is 0.712. The second-order valence-electron chi connectivity index (χ2n) is 6.78. The lowest BCUT2D eigenvalue weighted by atomic mass is 10.2. The highest BCUT2D eigenvalue weighted by molar-refractivity contribution is 7.15. The zero-order chi connectivity index (χ0) is 19.8. The number of nitrogens with two attached hydrogens (primary N) is 1. The Labute approximate surface area is 159 Å². The Morgan fingerprint density at radius 3 is 2.52 bits per heavy atom. The maximum atomic E-state index is 12.9. The fourth-order valence-corrected chi connectivity index (χ4v) is 3.25. The summed E-state index contributed by atoms with van der Waals surface area (Å²) in [6.45, 7) is 5.28. The van der Waals surface area contributed by atoms with Crippen molar-refractivity contribution in [3.63, 3.8) is 0 Å². The molecule has 3 N–H and O–H groups in total. The van der Waals surface area contributed by atoms with Gasteiger partial charge < -0.3 is 15.2 Å². The van der Waals surface area contributed by atoms with E-state index < -0.39 is 11.7 Å². The molecule has 0 unspecified atom stereocenters. The van der Waals surface area contributed by atoms with Gasteiger partial charge in [0.05, 0.1) is 23.2 Å². The maximum Gasteiger partial charge on any atom is 0.413 e. The third-order valence-corrected chi connectivity index (χ3v) is 4.43. The Bertz CT molecular complexity index is 1050. The number of thiophene rings is 1. The average molecular weight is 388 g/mol. The molecule has 0 spiro atoms. The average Bonchev–Trinajstić information content (AvgIpc) is 2.98. The van der Waals surface area contributed by atoms with E-state index in [4.69, 9.17) is 15.2 Å². The molecule has 3 aromatic rings. The largest absolute Gasteiger partial charge is 0.497 e. The van der Waals surface area contributed by atoms with Crippen LogP contribution in [-0.4, -0.2) is 28.6 Å². The van der Waals surface area contributed by atoms with Crippen molar-refractivity contribution >= 4 is 39.0 Å². The molecular weight excluding hydrogens is 368 g/mol. The normalized spacial score (nSPS) is 11.4. The minimum absolute atomic E-state index is 0.197. The van der Waals surface area contributed by atoms with Gasteiger partial charge in [-0.2, -0.15) is 4.68 Å². The Morgan fingerprint density at radius 2 is 1.93 bits per heavy atom. The van der Waals surface area contributed by atoms with E-state index in [1.165, 1.54) is 16.0 Å². The van der Waals surface area contributed by atoms with Gasteiger partial charge in [0, 0.05) is 10.8 Å². The van der Waals surface area contributed by atoms with Crippen molar-refractivity contribution < 1.29 is 14.3 Å². The molecule has 3 rings (SSSR count). The molecule has 142 valence electrons. The Kier molecular flexibility index (Phi) is 4.79. The number of ether oxygens (including phenoxy) is 2. The number of hydrogen-bond acceptors (Lipinski definition) is 7.